The summed E-state index contributed by atoms with van der Waals surface area (Å²) in [6.45, 7) is 0. The van der Waals surface area contributed by atoms with Crippen molar-refractivity contribution < 1.29 is 19.1 Å². The van der Waals surface area contributed by atoms with Gasteiger partial charge < -0.3 is 10.4 Å². The van der Waals surface area contributed by atoms with Crippen LogP contribution in [0.1, 0.15) is 19.3 Å². The predicted octanol–water partition coefficient (Wildman–Crippen LogP) is 3.57. The number of carbonyl (C=O) groups excluding carboxylic acids is 1. The Morgan fingerprint density at radius 2 is 1.75 bits per heavy atom. The molecule has 20 heavy (non-hydrogen) atoms. The van der Waals surface area contributed by atoms with Gasteiger partial charge in [0.2, 0.25) is 5.91 Å². The second-order valence-corrected chi connectivity index (χ2v) is 5.53. The number of anilines is 1. The molecule has 1 aliphatic carbocycles. The highest BCUT2D eigenvalue weighted by Crippen LogP contribution is 2.36. The van der Waals surface area contributed by atoms with E-state index < -0.39 is 29.5 Å². The van der Waals surface area contributed by atoms with Crippen molar-refractivity contribution in [2.75, 3.05) is 5.32 Å². The fraction of sp³-hybridized carbons (Fsp3) is 0.385. The third kappa shape index (κ3) is 3.04. The lowest BCUT2D eigenvalue weighted by Gasteiger charge is -2.17. The Morgan fingerprint density at radius 1 is 1.20 bits per heavy atom. The molecule has 2 N–H and O–H groups in total. The van der Waals surface area contributed by atoms with E-state index in [9.17, 15) is 14.0 Å². The first kappa shape index (κ1) is 15.1. The standard InChI is InChI=1S/C13H12Cl2FNO3/c14-9-4-6(16)5-10(15)11(9)17-12(18)7-2-1-3-8(7)13(19)20/h4-5,7-8H,1-3H2,(H,17,18)(H,19,20)/t7-,8+/m1/s1. The summed E-state index contributed by atoms with van der Waals surface area (Å²) in [4.78, 5) is 23.2. The molecule has 1 amide bonds. The van der Waals surface area contributed by atoms with Crippen LogP contribution in [-0.2, 0) is 9.59 Å². The SMILES string of the molecule is O=C(O)[C@H]1CCC[C@H]1C(=O)Nc1c(Cl)cc(F)cc1Cl. The Kier molecular flexibility index (Phi) is 4.50. The van der Waals surface area contributed by atoms with E-state index in [0.29, 0.717) is 19.3 Å². The fourth-order valence-electron chi connectivity index (χ4n) is 2.45. The molecular weight excluding hydrogens is 308 g/mol. The van der Waals surface area contributed by atoms with Gasteiger partial charge in [0, 0.05) is 0 Å². The van der Waals surface area contributed by atoms with Crippen LogP contribution >= 0.6 is 23.2 Å². The van der Waals surface area contributed by atoms with Crippen molar-refractivity contribution in [3.8, 4) is 0 Å². The van der Waals surface area contributed by atoms with Crippen LogP contribution in [0.3, 0.4) is 0 Å². The first-order chi connectivity index (χ1) is 9.40. The van der Waals surface area contributed by atoms with E-state index in [1.807, 2.05) is 0 Å². The van der Waals surface area contributed by atoms with Crippen molar-refractivity contribution >= 4 is 40.8 Å². The van der Waals surface area contributed by atoms with Crippen LogP contribution < -0.4 is 5.32 Å². The summed E-state index contributed by atoms with van der Waals surface area (Å²) in [6.07, 6.45) is 1.65. The Bertz CT molecular complexity index is 542. The largest absolute Gasteiger partial charge is 0.481 e. The van der Waals surface area contributed by atoms with Crippen molar-refractivity contribution in [2.45, 2.75) is 19.3 Å². The Morgan fingerprint density at radius 3 is 2.30 bits per heavy atom. The topological polar surface area (TPSA) is 66.4 Å². The molecule has 0 unspecified atom stereocenters. The molecule has 0 heterocycles. The predicted molar refractivity (Wildman–Crippen MR) is 73.5 cm³/mol. The molecule has 108 valence electrons. The van der Waals surface area contributed by atoms with Gasteiger partial charge in [0.05, 0.1) is 27.6 Å². The molecular formula is C13H12Cl2FNO3. The highest BCUT2D eigenvalue weighted by Gasteiger charge is 2.38. The molecule has 2 rings (SSSR count). The second kappa shape index (κ2) is 5.97. The normalized spacial score (nSPS) is 21.8. The Labute approximate surface area is 124 Å². The number of carboxylic acids is 1. The Balaban J connectivity index is 2.18. The fourth-order valence-corrected chi connectivity index (χ4v) is 3.00. The summed E-state index contributed by atoms with van der Waals surface area (Å²) in [5.41, 5.74) is 0.107. The summed E-state index contributed by atoms with van der Waals surface area (Å²) in [5.74, 6) is -3.37. The van der Waals surface area contributed by atoms with E-state index in [1.54, 1.807) is 0 Å². The van der Waals surface area contributed by atoms with Crippen molar-refractivity contribution in [1.82, 2.24) is 0 Å². The maximum Gasteiger partial charge on any atom is 0.307 e. The van der Waals surface area contributed by atoms with Crippen LogP contribution in [-0.4, -0.2) is 17.0 Å². The molecule has 1 aliphatic rings. The molecule has 0 bridgehead atoms. The van der Waals surface area contributed by atoms with Gasteiger partial charge >= 0.3 is 5.97 Å². The van der Waals surface area contributed by atoms with E-state index in [0.717, 1.165) is 12.1 Å². The number of amides is 1. The molecule has 0 aromatic heterocycles. The molecule has 0 aliphatic heterocycles. The molecule has 0 spiro atoms. The van der Waals surface area contributed by atoms with Crippen molar-refractivity contribution in [3.05, 3.63) is 28.0 Å². The van der Waals surface area contributed by atoms with Gasteiger partial charge in [-0.1, -0.05) is 29.6 Å². The summed E-state index contributed by atoms with van der Waals surface area (Å²) in [7, 11) is 0. The van der Waals surface area contributed by atoms with Gasteiger partial charge in [-0.2, -0.15) is 0 Å². The van der Waals surface area contributed by atoms with Crippen LogP contribution in [0.4, 0.5) is 10.1 Å². The zero-order valence-electron chi connectivity index (χ0n) is 10.3. The number of carboxylic acid groups (broad SMARTS) is 1. The van der Waals surface area contributed by atoms with Gasteiger partial charge in [-0.05, 0) is 25.0 Å². The summed E-state index contributed by atoms with van der Waals surface area (Å²) in [6, 6.07) is 2.07. The Hall–Kier alpha value is -1.33. The van der Waals surface area contributed by atoms with Crippen molar-refractivity contribution in [1.29, 1.82) is 0 Å². The molecule has 1 fully saturated rings. The highest BCUT2D eigenvalue weighted by atomic mass is 35.5. The second-order valence-electron chi connectivity index (χ2n) is 4.72. The molecule has 4 nitrogen and oxygen atoms in total. The molecule has 2 atom stereocenters. The summed E-state index contributed by atoms with van der Waals surface area (Å²) < 4.78 is 13.1. The molecule has 0 radical (unpaired) electrons. The van der Waals surface area contributed by atoms with Crippen LogP contribution in [0.5, 0.6) is 0 Å². The van der Waals surface area contributed by atoms with Crippen LogP contribution in [0, 0.1) is 17.7 Å². The number of aliphatic carboxylic acids is 1. The first-order valence-corrected chi connectivity index (χ1v) is 6.84. The molecule has 1 saturated carbocycles. The number of halogens is 3. The number of hydrogen-bond donors (Lipinski definition) is 2. The van der Waals surface area contributed by atoms with Gasteiger partial charge in [0.25, 0.3) is 0 Å². The number of hydrogen-bond acceptors (Lipinski definition) is 2. The van der Waals surface area contributed by atoms with Crippen LogP contribution in [0.15, 0.2) is 12.1 Å². The quantitative estimate of drug-likeness (QED) is 0.895. The number of carbonyl (C=O) groups is 2. The van der Waals surface area contributed by atoms with Crippen LogP contribution in [0.2, 0.25) is 10.0 Å². The first-order valence-electron chi connectivity index (χ1n) is 6.08. The molecule has 0 saturated heterocycles. The van der Waals surface area contributed by atoms with Gasteiger partial charge in [0.1, 0.15) is 5.82 Å². The number of rotatable bonds is 3. The smallest absolute Gasteiger partial charge is 0.307 e. The number of nitrogens with one attached hydrogen (secondary N) is 1. The highest BCUT2D eigenvalue weighted by molar-refractivity contribution is 6.39. The third-order valence-electron chi connectivity index (χ3n) is 3.43. The molecule has 1 aromatic rings. The van der Waals surface area contributed by atoms with Gasteiger partial charge in [-0.25, -0.2) is 4.39 Å². The van der Waals surface area contributed by atoms with Gasteiger partial charge in [-0.15, -0.1) is 0 Å². The maximum absolute atomic E-state index is 13.1. The lowest BCUT2D eigenvalue weighted by Crippen LogP contribution is -2.30. The lowest BCUT2D eigenvalue weighted by atomic mass is 9.95. The molecule has 1 aromatic carbocycles. The van der Waals surface area contributed by atoms with Gasteiger partial charge in [0.15, 0.2) is 0 Å². The van der Waals surface area contributed by atoms with Crippen molar-refractivity contribution in [3.63, 3.8) is 0 Å². The zero-order valence-corrected chi connectivity index (χ0v) is 11.8. The third-order valence-corrected chi connectivity index (χ3v) is 4.02. The average molecular weight is 320 g/mol. The summed E-state index contributed by atoms with van der Waals surface area (Å²) >= 11 is 11.7. The monoisotopic (exact) mass is 319 g/mol. The lowest BCUT2D eigenvalue weighted by molar-refractivity contribution is -0.145. The van der Waals surface area contributed by atoms with E-state index in [1.165, 1.54) is 0 Å². The van der Waals surface area contributed by atoms with E-state index in [-0.39, 0.29) is 15.7 Å². The number of benzene rings is 1. The average Bonchev–Trinajstić information content (AvgIpc) is 2.82. The minimum Gasteiger partial charge on any atom is -0.481 e. The molecule has 7 heteroatoms. The maximum atomic E-state index is 13.1. The zero-order chi connectivity index (χ0) is 14.9. The van der Waals surface area contributed by atoms with Gasteiger partial charge in [-0.3, -0.25) is 9.59 Å². The van der Waals surface area contributed by atoms with Crippen LogP contribution in [0.25, 0.3) is 0 Å². The van der Waals surface area contributed by atoms with E-state index in [2.05, 4.69) is 5.32 Å². The van der Waals surface area contributed by atoms with Crippen molar-refractivity contribution in [2.24, 2.45) is 11.8 Å². The van der Waals surface area contributed by atoms with E-state index in [4.69, 9.17) is 28.3 Å². The minimum atomic E-state index is -0.987. The van der Waals surface area contributed by atoms with E-state index >= 15 is 0 Å². The minimum absolute atomic E-state index is 0.0202. The summed E-state index contributed by atoms with van der Waals surface area (Å²) in [5, 5.41) is 11.5.